The fourth-order valence-corrected chi connectivity index (χ4v) is 7.08. The predicted octanol–water partition coefficient (Wildman–Crippen LogP) is 2.86. The fraction of sp³-hybridized carbons (Fsp3) is 0.515. The first-order chi connectivity index (χ1) is 23.7. The van der Waals surface area contributed by atoms with Crippen molar-refractivity contribution >= 4 is 37.5 Å². The van der Waals surface area contributed by atoms with Gasteiger partial charge in [-0.1, -0.05) is 25.0 Å². The molecule has 1 saturated carbocycles. The molecule has 0 saturated heterocycles. The number of carbonyl (C=O) groups excluding carboxylic acids is 2. The number of unbranched alkanes of at least 4 members (excludes halogenated alkanes) is 3. The summed E-state index contributed by atoms with van der Waals surface area (Å²) < 4.78 is 65.3. The average Bonchev–Trinajstić information content (AvgIpc) is 3.77. The Morgan fingerprint density at radius 2 is 1.78 bits per heavy atom. The first kappa shape index (κ1) is 38.7. The molecular weight excluding hydrogens is 691 g/mol. The van der Waals surface area contributed by atoms with Gasteiger partial charge >= 0.3 is 5.63 Å². The third kappa shape index (κ3) is 12.4. The number of sulfonamides is 1. The van der Waals surface area contributed by atoms with Gasteiger partial charge in [0.1, 0.15) is 17.3 Å². The smallest absolute Gasteiger partial charge is 0.343 e. The maximum Gasteiger partial charge on any atom is 0.343 e. The van der Waals surface area contributed by atoms with Crippen LogP contribution in [-0.4, -0.2) is 73.1 Å². The highest BCUT2D eigenvalue weighted by atomic mass is 32.2. The van der Waals surface area contributed by atoms with Crippen LogP contribution in [0.4, 0.5) is 5.69 Å². The molecule has 0 spiro atoms. The van der Waals surface area contributed by atoms with Gasteiger partial charge in [-0.05, 0) is 55.7 Å². The lowest BCUT2D eigenvalue weighted by Crippen LogP contribution is -2.28. The second-order valence-corrected chi connectivity index (χ2v) is 15.8. The zero-order valence-corrected chi connectivity index (χ0v) is 29.6. The van der Waals surface area contributed by atoms with Crippen LogP contribution in [0.5, 0.6) is 5.75 Å². The minimum absolute atomic E-state index is 0.00493. The summed E-state index contributed by atoms with van der Waals surface area (Å²) >= 11 is 0. The Kier molecular flexibility index (Phi) is 13.7. The van der Waals surface area contributed by atoms with Crippen LogP contribution in [0.1, 0.15) is 80.6 Å². The van der Waals surface area contributed by atoms with Crippen molar-refractivity contribution in [1.29, 1.82) is 0 Å². The number of rotatable bonds is 22. The van der Waals surface area contributed by atoms with Gasteiger partial charge < -0.3 is 24.7 Å². The number of carbonyl (C=O) groups is 2. The number of benzene rings is 1. The Morgan fingerprint density at radius 3 is 2.44 bits per heavy atom. The summed E-state index contributed by atoms with van der Waals surface area (Å²) in [4.78, 5) is 41.2. The average molecular weight is 736 g/mol. The van der Waals surface area contributed by atoms with E-state index in [1.165, 1.54) is 23.2 Å². The molecule has 5 N–H and O–H groups in total. The molecule has 1 unspecified atom stereocenters. The molecule has 2 aromatic heterocycles. The summed E-state index contributed by atoms with van der Waals surface area (Å²) in [6, 6.07) is 8.17. The van der Waals surface area contributed by atoms with Crippen molar-refractivity contribution < 1.29 is 40.5 Å². The molecule has 17 heteroatoms. The zero-order valence-electron chi connectivity index (χ0n) is 28.0. The molecule has 1 amide bonds. The first-order valence-corrected chi connectivity index (χ1v) is 19.7. The fourth-order valence-electron chi connectivity index (χ4n) is 5.64. The second kappa shape index (κ2) is 17.7. The molecule has 1 fully saturated rings. The molecular formula is C33H45N5O10S2. The number of ketones is 1. The number of hydrogen-bond donors (Lipinski definition) is 5. The van der Waals surface area contributed by atoms with Gasteiger partial charge in [0.05, 0.1) is 24.2 Å². The lowest BCUT2D eigenvalue weighted by Gasteiger charge is -2.19. The van der Waals surface area contributed by atoms with Crippen LogP contribution in [0.3, 0.4) is 0 Å². The molecule has 0 radical (unpaired) electrons. The van der Waals surface area contributed by atoms with Crippen molar-refractivity contribution in [2.75, 3.05) is 30.1 Å². The van der Waals surface area contributed by atoms with Gasteiger partial charge in [-0.3, -0.25) is 18.9 Å². The SMILES string of the molecule is Cn1cnc(S(=O)(=O)Nc2cccc(C(c3c(O)cc(CCCNC(=O)CCCCCCC(=O)CNCCS(=O)(=O)O)oc3=O)C3CC3)c2)c1. The van der Waals surface area contributed by atoms with E-state index in [4.69, 9.17) is 8.97 Å². The first-order valence-electron chi connectivity index (χ1n) is 16.6. The number of hydrogen-bond acceptors (Lipinski definition) is 11. The van der Waals surface area contributed by atoms with Gasteiger partial charge in [0.15, 0.2) is 5.03 Å². The highest BCUT2D eigenvalue weighted by Gasteiger charge is 2.37. The van der Waals surface area contributed by atoms with Crippen molar-refractivity contribution in [3.8, 4) is 5.75 Å². The van der Waals surface area contributed by atoms with Gasteiger partial charge in [-0.25, -0.2) is 9.78 Å². The Balaban J connectivity index is 1.20. The lowest BCUT2D eigenvalue weighted by molar-refractivity contribution is -0.121. The van der Waals surface area contributed by atoms with E-state index in [-0.39, 0.29) is 47.0 Å². The summed E-state index contributed by atoms with van der Waals surface area (Å²) in [5.41, 5.74) is 0.447. The van der Waals surface area contributed by atoms with Crippen LogP contribution in [-0.2, 0) is 43.2 Å². The van der Waals surface area contributed by atoms with Gasteiger partial charge in [0.2, 0.25) is 5.91 Å². The normalized spacial score (nSPS) is 14.0. The molecule has 0 aliphatic heterocycles. The number of nitrogens with zero attached hydrogens (tertiary/aromatic N) is 2. The largest absolute Gasteiger partial charge is 0.507 e. The number of aromatic hydroxyl groups is 1. The zero-order chi connectivity index (χ0) is 36.3. The summed E-state index contributed by atoms with van der Waals surface area (Å²) in [6.45, 7) is 0.406. The van der Waals surface area contributed by atoms with Crippen molar-refractivity contribution in [2.24, 2.45) is 13.0 Å². The molecule has 1 atom stereocenters. The van der Waals surface area contributed by atoms with Gasteiger partial charge in [-0.15, -0.1) is 0 Å². The third-order valence-corrected chi connectivity index (χ3v) is 10.3. The van der Waals surface area contributed by atoms with E-state index in [1.807, 2.05) is 0 Å². The minimum atomic E-state index is -4.05. The molecule has 15 nitrogen and oxygen atoms in total. The van der Waals surface area contributed by atoms with E-state index in [9.17, 15) is 36.3 Å². The highest BCUT2D eigenvalue weighted by molar-refractivity contribution is 7.92. The Hall–Kier alpha value is -4.06. The lowest BCUT2D eigenvalue weighted by atomic mass is 9.87. The molecule has 1 aromatic carbocycles. The monoisotopic (exact) mass is 735 g/mol. The Labute approximate surface area is 291 Å². The molecule has 2 heterocycles. The molecule has 1 aliphatic rings. The van der Waals surface area contributed by atoms with E-state index >= 15 is 0 Å². The summed E-state index contributed by atoms with van der Waals surface area (Å²) in [5, 5.41) is 16.4. The number of nitrogens with one attached hydrogen (secondary N) is 3. The molecule has 50 heavy (non-hydrogen) atoms. The third-order valence-electron chi connectivity index (χ3n) is 8.27. The Bertz CT molecular complexity index is 1900. The van der Waals surface area contributed by atoms with Crippen molar-refractivity contribution in [2.45, 2.75) is 75.2 Å². The molecule has 3 aromatic rings. The number of aryl methyl sites for hydroxylation is 2. The second-order valence-electron chi connectivity index (χ2n) is 12.6. The summed E-state index contributed by atoms with van der Waals surface area (Å²) in [7, 11) is -6.31. The van der Waals surface area contributed by atoms with E-state index in [1.54, 1.807) is 31.3 Å². The van der Waals surface area contributed by atoms with Crippen molar-refractivity contribution in [3.63, 3.8) is 0 Å². The summed E-state index contributed by atoms with van der Waals surface area (Å²) in [6.07, 6.45) is 8.85. The van der Waals surface area contributed by atoms with Crippen LogP contribution in [0.2, 0.25) is 0 Å². The topological polar surface area (TPSA) is 227 Å². The molecule has 4 rings (SSSR count). The number of Topliss-reactive ketones (excluding diaryl/α,β-unsaturated/α-hetero) is 1. The maximum atomic E-state index is 13.2. The minimum Gasteiger partial charge on any atom is -0.507 e. The van der Waals surface area contributed by atoms with E-state index < -0.39 is 37.4 Å². The number of amides is 1. The molecule has 1 aliphatic carbocycles. The quantitative estimate of drug-likeness (QED) is 0.0742. The van der Waals surface area contributed by atoms with Gasteiger partial charge in [0, 0.05) is 63.3 Å². The van der Waals surface area contributed by atoms with E-state index in [0.29, 0.717) is 62.1 Å². The molecule has 274 valence electrons. The van der Waals surface area contributed by atoms with Crippen LogP contribution in [0.25, 0.3) is 0 Å². The highest BCUT2D eigenvalue weighted by Crippen LogP contribution is 2.48. The molecule has 0 bridgehead atoms. The van der Waals surface area contributed by atoms with Crippen molar-refractivity contribution in [1.82, 2.24) is 20.2 Å². The van der Waals surface area contributed by atoms with Gasteiger partial charge in [-0.2, -0.15) is 16.8 Å². The summed E-state index contributed by atoms with van der Waals surface area (Å²) in [5.74, 6) is -0.895. The van der Waals surface area contributed by atoms with Crippen LogP contribution >= 0.6 is 0 Å². The number of aromatic nitrogens is 2. The van der Waals surface area contributed by atoms with E-state index in [0.717, 1.165) is 25.7 Å². The van der Waals surface area contributed by atoms with Crippen LogP contribution < -0.4 is 21.0 Å². The number of anilines is 1. The van der Waals surface area contributed by atoms with E-state index in [2.05, 4.69) is 20.3 Å². The maximum absolute atomic E-state index is 13.2. The number of imidazole rings is 1. The van der Waals surface area contributed by atoms with Gasteiger partial charge in [0.25, 0.3) is 20.1 Å². The standard InChI is InChI=1S/C33H45N5O10S2/c1-38-21-30(36-22-38)50(46,47)37-25-9-6-8-24(18-25)31(23-13-14-23)32-28(40)19-27(48-33(32)42)11-7-15-35-29(41)12-5-3-2-4-10-26(39)20-34-16-17-49(43,44)45/h6,8-9,18-19,21-23,31,34,37,40H,2-5,7,10-17,20H2,1H3,(H,35,41)(H,43,44,45). The predicted molar refractivity (Wildman–Crippen MR) is 185 cm³/mol. The Morgan fingerprint density at radius 1 is 1.04 bits per heavy atom. The van der Waals surface area contributed by atoms with Crippen molar-refractivity contribution in [3.05, 3.63) is 70.2 Å². The van der Waals surface area contributed by atoms with Crippen LogP contribution in [0, 0.1) is 5.92 Å². The van der Waals surface area contributed by atoms with Crippen LogP contribution in [0.15, 0.2) is 57.1 Å².